The van der Waals surface area contributed by atoms with Crippen LogP contribution in [-0.2, 0) is 6.54 Å². The highest BCUT2D eigenvalue weighted by molar-refractivity contribution is 5.68. The first-order chi connectivity index (χ1) is 15.7. The van der Waals surface area contributed by atoms with Crippen LogP contribution in [-0.4, -0.2) is 57.8 Å². The second-order valence-corrected chi connectivity index (χ2v) is 8.30. The molecule has 2 aromatic carbocycles. The summed E-state index contributed by atoms with van der Waals surface area (Å²) in [5.41, 5.74) is 6.44. The summed E-state index contributed by atoms with van der Waals surface area (Å²) >= 11 is 0. The van der Waals surface area contributed by atoms with Gasteiger partial charge in [0.15, 0.2) is 0 Å². The van der Waals surface area contributed by atoms with E-state index < -0.39 is 0 Å². The third kappa shape index (κ3) is 4.33. The van der Waals surface area contributed by atoms with Crippen LogP contribution < -0.4 is 0 Å². The number of piperazine rings is 1. The maximum absolute atomic E-state index is 13.3. The highest BCUT2D eigenvalue weighted by atomic mass is 19.1. The minimum absolute atomic E-state index is 0.225. The van der Waals surface area contributed by atoms with Crippen molar-refractivity contribution >= 4 is 0 Å². The van der Waals surface area contributed by atoms with Gasteiger partial charge in [0.25, 0.3) is 0 Å². The van der Waals surface area contributed by atoms with Gasteiger partial charge in [-0.05, 0) is 54.6 Å². The SMILES string of the molecule is CN1CCN(Cc2cnn(-c3ccc(-c4ccc(F)cc4)cc3)c2-c2ccncc2)CC1. The third-order valence-corrected chi connectivity index (χ3v) is 6.08. The topological polar surface area (TPSA) is 37.2 Å². The van der Waals surface area contributed by atoms with Gasteiger partial charge < -0.3 is 4.90 Å². The van der Waals surface area contributed by atoms with Crippen molar-refractivity contribution in [3.63, 3.8) is 0 Å². The van der Waals surface area contributed by atoms with Crippen molar-refractivity contribution in [1.29, 1.82) is 0 Å². The van der Waals surface area contributed by atoms with E-state index in [1.54, 1.807) is 12.1 Å². The summed E-state index contributed by atoms with van der Waals surface area (Å²) in [6.07, 6.45) is 5.63. The smallest absolute Gasteiger partial charge is 0.123 e. The van der Waals surface area contributed by atoms with E-state index in [2.05, 4.69) is 46.1 Å². The number of aromatic nitrogens is 3. The number of nitrogens with zero attached hydrogens (tertiary/aromatic N) is 5. The van der Waals surface area contributed by atoms with Gasteiger partial charge >= 0.3 is 0 Å². The first-order valence-corrected chi connectivity index (χ1v) is 10.9. The van der Waals surface area contributed by atoms with Crippen molar-refractivity contribution in [3.05, 3.63) is 90.6 Å². The molecule has 0 radical (unpaired) electrons. The van der Waals surface area contributed by atoms with Gasteiger partial charge in [0.2, 0.25) is 0 Å². The summed E-state index contributed by atoms with van der Waals surface area (Å²) in [5.74, 6) is -0.225. The van der Waals surface area contributed by atoms with Crippen LogP contribution in [0.3, 0.4) is 0 Å². The standard InChI is InChI=1S/C26H26FN5/c1-30-14-16-31(17-15-30)19-23-18-29-32(26(23)22-10-12-28-13-11-22)25-8-4-21(5-9-25)20-2-6-24(27)7-3-20/h2-13,18H,14-17,19H2,1H3. The number of halogens is 1. The van der Waals surface area contributed by atoms with E-state index in [0.29, 0.717) is 0 Å². The van der Waals surface area contributed by atoms with E-state index in [4.69, 9.17) is 5.10 Å². The molecule has 32 heavy (non-hydrogen) atoms. The van der Waals surface area contributed by atoms with Crippen LogP contribution in [0.4, 0.5) is 4.39 Å². The molecule has 5 nitrogen and oxygen atoms in total. The van der Waals surface area contributed by atoms with Gasteiger partial charge in [-0.25, -0.2) is 9.07 Å². The van der Waals surface area contributed by atoms with Crippen molar-refractivity contribution in [2.24, 2.45) is 0 Å². The Kier molecular flexibility index (Phi) is 5.79. The molecule has 6 heteroatoms. The first-order valence-electron chi connectivity index (χ1n) is 10.9. The lowest BCUT2D eigenvalue weighted by atomic mass is 10.0. The van der Waals surface area contributed by atoms with Gasteiger partial charge in [-0.15, -0.1) is 0 Å². The molecular formula is C26H26FN5. The number of hydrogen-bond acceptors (Lipinski definition) is 4. The summed E-state index contributed by atoms with van der Waals surface area (Å²) in [5, 5.41) is 4.77. The van der Waals surface area contributed by atoms with E-state index in [-0.39, 0.29) is 5.82 Å². The van der Waals surface area contributed by atoms with Crippen LogP contribution >= 0.6 is 0 Å². The van der Waals surface area contributed by atoms with E-state index in [1.807, 2.05) is 35.4 Å². The van der Waals surface area contributed by atoms with Crippen molar-refractivity contribution < 1.29 is 4.39 Å². The van der Waals surface area contributed by atoms with Gasteiger partial charge in [-0.1, -0.05) is 24.3 Å². The van der Waals surface area contributed by atoms with Crippen molar-refractivity contribution in [2.75, 3.05) is 33.2 Å². The zero-order valence-electron chi connectivity index (χ0n) is 18.2. The Morgan fingerprint density at radius 1 is 0.781 bits per heavy atom. The van der Waals surface area contributed by atoms with Crippen LogP contribution in [0.1, 0.15) is 5.56 Å². The molecule has 2 aromatic heterocycles. The van der Waals surface area contributed by atoms with Crippen LogP contribution in [0.15, 0.2) is 79.3 Å². The number of rotatable bonds is 5. The van der Waals surface area contributed by atoms with E-state index in [0.717, 1.165) is 60.8 Å². The molecule has 162 valence electrons. The molecule has 0 unspecified atom stereocenters. The molecule has 0 amide bonds. The lowest BCUT2D eigenvalue weighted by Crippen LogP contribution is -2.43. The predicted octanol–water partition coefficient (Wildman–Crippen LogP) is 4.49. The van der Waals surface area contributed by atoms with Crippen molar-refractivity contribution in [2.45, 2.75) is 6.54 Å². The Balaban J connectivity index is 1.48. The minimum Gasteiger partial charge on any atom is -0.304 e. The summed E-state index contributed by atoms with van der Waals surface area (Å²) in [6.45, 7) is 5.17. The maximum atomic E-state index is 13.3. The number of hydrogen-bond donors (Lipinski definition) is 0. The summed E-state index contributed by atoms with van der Waals surface area (Å²) in [7, 11) is 2.17. The van der Waals surface area contributed by atoms with Crippen molar-refractivity contribution in [3.8, 4) is 28.1 Å². The van der Waals surface area contributed by atoms with Crippen LogP contribution in [0, 0.1) is 5.82 Å². The van der Waals surface area contributed by atoms with Gasteiger partial charge in [0, 0.05) is 56.2 Å². The monoisotopic (exact) mass is 427 g/mol. The normalized spacial score (nSPS) is 15.2. The molecule has 0 spiro atoms. The molecular weight excluding hydrogens is 401 g/mol. The summed E-state index contributed by atoms with van der Waals surface area (Å²) < 4.78 is 15.3. The van der Waals surface area contributed by atoms with Crippen LogP contribution in [0.5, 0.6) is 0 Å². The molecule has 0 saturated carbocycles. The fourth-order valence-corrected chi connectivity index (χ4v) is 4.20. The molecule has 1 aliphatic rings. The number of likely N-dealkylation sites (N-methyl/N-ethyl adjacent to an activating group) is 1. The lowest BCUT2D eigenvalue weighted by molar-refractivity contribution is 0.148. The highest BCUT2D eigenvalue weighted by Gasteiger charge is 2.19. The second-order valence-electron chi connectivity index (χ2n) is 8.30. The zero-order valence-corrected chi connectivity index (χ0v) is 18.2. The van der Waals surface area contributed by atoms with E-state index >= 15 is 0 Å². The zero-order chi connectivity index (χ0) is 21.9. The Hall–Kier alpha value is -3.35. The Labute approximate surface area is 187 Å². The molecule has 4 aromatic rings. The highest BCUT2D eigenvalue weighted by Crippen LogP contribution is 2.29. The number of benzene rings is 2. The largest absolute Gasteiger partial charge is 0.304 e. The first kappa shape index (κ1) is 20.5. The predicted molar refractivity (Wildman–Crippen MR) is 125 cm³/mol. The molecule has 1 fully saturated rings. The Morgan fingerprint density at radius 2 is 1.41 bits per heavy atom. The fourth-order valence-electron chi connectivity index (χ4n) is 4.20. The molecule has 1 aliphatic heterocycles. The average Bonchev–Trinajstić information content (AvgIpc) is 3.25. The molecule has 0 N–H and O–H groups in total. The summed E-state index contributed by atoms with van der Waals surface area (Å²) in [6, 6.07) is 18.9. The molecule has 0 aliphatic carbocycles. The minimum atomic E-state index is -0.225. The molecule has 0 atom stereocenters. The van der Waals surface area contributed by atoms with Gasteiger partial charge in [-0.3, -0.25) is 9.88 Å². The van der Waals surface area contributed by atoms with Crippen LogP contribution in [0.25, 0.3) is 28.1 Å². The average molecular weight is 428 g/mol. The van der Waals surface area contributed by atoms with Crippen LogP contribution in [0.2, 0.25) is 0 Å². The van der Waals surface area contributed by atoms with Gasteiger partial charge in [-0.2, -0.15) is 5.10 Å². The molecule has 1 saturated heterocycles. The summed E-state index contributed by atoms with van der Waals surface area (Å²) in [4.78, 5) is 9.05. The van der Waals surface area contributed by atoms with Gasteiger partial charge in [0.1, 0.15) is 5.82 Å². The Bertz CT molecular complexity index is 1160. The second kappa shape index (κ2) is 9.02. The fraction of sp³-hybridized carbons (Fsp3) is 0.231. The van der Waals surface area contributed by atoms with Crippen molar-refractivity contribution in [1.82, 2.24) is 24.6 Å². The third-order valence-electron chi connectivity index (χ3n) is 6.08. The molecule has 0 bridgehead atoms. The molecule has 3 heterocycles. The quantitative estimate of drug-likeness (QED) is 0.470. The van der Waals surface area contributed by atoms with E-state index in [9.17, 15) is 4.39 Å². The maximum Gasteiger partial charge on any atom is 0.123 e. The molecule has 5 rings (SSSR count). The van der Waals surface area contributed by atoms with Gasteiger partial charge in [0.05, 0.1) is 17.6 Å². The Morgan fingerprint density at radius 3 is 2.06 bits per heavy atom. The van der Waals surface area contributed by atoms with E-state index in [1.165, 1.54) is 17.7 Å². The lowest BCUT2D eigenvalue weighted by Gasteiger charge is -2.32. The number of pyridine rings is 1.